The van der Waals surface area contributed by atoms with Gasteiger partial charge in [-0.25, -0.2) is 19.2 Å². The number of hydroxylamine groups is 2. The van der Waals surface area contributed by atoms with Gasteiger partial charge in [-0.3, -0.25) is 19.2 Å². The van der Waals surface area contributed by atoms with E-state index in [9.17, 15) is 19.2 Å². The Labute approximate surface area is 228 Å². The number of halogens is 1. The van der Waals surface area contributed by atoms with Crippen LogP contribution in [0.15, 0.2) is 53.6 Å². The zero-order chi connectivity index (χ0) is 28.4. The SMILES string of the molecule is COc1ccc(F)cc1C(=O)NCc1ccc(-n2c(=O)n(C3CCC(N([O-])OC)CC3)c3ncnc(N)c32)cc1. The van der Waals surface area contributed by atoms with Gasteiger partial charge in [-0.2, -0.15) is 0 Å². The normalized spacial score (nSPS) is 17.3. The topological polar surface area (TPSA) is 153 Å². The van der Waals surface area contributed by atoms with Crippen LogP contribution in [0.25, 0.3) is 16.9 Å². The average molecular weight is 551 g/mol. The van der Waals surface area contributed by atoms with Crippen molar-refractivity contribution in [3.63, 3.8) is 0 Å². The highest BCUT2D eigenvalue weighted by Gasteiger charge is 2.29. The number of amides is 1. The summed E-state index contributed by atoms with van der Waals surface area (Å²) in [5, 5.41) is 15.3. The van der Waals surface area contributed by atoms with Crippen molar-refractivity contribution in [2.45, 2.75) is 44.3 Å². The minimum absolute atomic E-state index is 0.0909. The number of aromatic nitrogens is 4. The first-order valence-corrected chi connectivity index (χ1v) is 12.8. The molecule has 1 aliphatic carbocycles. The molecule has 0 radical (unpaired) electrons. The van der Waals surface area contributed by atoms with Crippen LogP contribution in [-0.2, 0) is 11.4 Å². The van der Waals surface area contributed by atoms with E-state index in [-0.39, 0.29) is 41.4 Å². The Hall–Kier alpha value is -4.33. The van der Waals surface area contributed by atoms with Crippen molar-refractivity contribution in [2.75, 3.05) is 20.0 Å². The van der Waals surface area contributed by atoms with Crippen LogP contribution >= 0.6 is 0 Å². The van der Waals surface area contributed by atoms with Gasteiger partial charge in [-0.05, 0) is 61.6 Å². The summed E-state index contributed by atoms with van der Waals surface area (Å²) in [6.07, 6.45) is 3.68. The molecule has 5 rings (SSSR count). The summed E-state index contributed by atoms with van der Waals surface area (Å²) in [5.74, 6) is -0.592. The highest BCUT2D eigenvalue weighted by atomic mass is 19.1. The molecule has 1 aliphatic rings. The van der Waals surface area contributed by atoms with E-state index in [0.717, 1.165) is 11.6 Å². The molecule has 0 unspecified atom stereocenters. The number of ether oxygens (including phenoxy) is 1. The first kappa shape index (κ1) is 27.2. The molecule has 2 aromatic carbocycles. The maximum atomic E-state index is 13.8. The second-order valence-corrected chi connectivity index (χ2v) is 9.54. The van der Waals surface area contributed by atoms with Crippen LogP contribution in [0.5, 0.6) is 5.75 Å². The second kappa shape index (κ2) is 11.4. The Morgan fingerprint density at radius 2 is 1.88 bits per heavy atom. The number of carbonyl (C=O) groups is 1. The summed E-state index contributed by atoms with van der Waals surface area (Å²) in [7, 11) is 2.75. The molecule has 0 aliphatic heterocycles. The number of anilines is 1. The molecule has 1 fully saturated rings. The molecule has 2 aromatic heterocycles. The third-order valence-electron chi connectivity index (χ3n) is 7.24. The molecule has 3 N–H and O–H groups in total. The minimum Gasteiger partial charge on any atom is -0.762 e. The van der Waals surface area contributed by atoms with Crippen molar-refractivity contribution in [2.24, 2.45) is 0 Å². The Kier molecular flexibility index (Phi) is 7.78. The fraction of sp³-hybridized carbons (Fsp3) is 0.333. The lowest BCUT2D eigenvalue weighted by Gasteiger charge is -2.39. The predicted octanol–water partition coefficient (Wildman–Crippen LogP) is 3.09. The summed E-state index contributed by atoms with van der Waals surface area (Å²) in [4.78, 5) is 39.7. The molecule has 12 nitrogen and oxygen atoms in total. The highest BCUT2D eigenvalue weighted by Crippen LogP contribution is 2.33. The molecule has 0 spiro atoms. The quantitative estimate of drug-likeness (QED) is 0.315. The van der Waals surface area contributed by atoms with Gasteiger partial charge in [0.05, 0.1) is 25.5 Å². The number of nitrogens with one attached hydrogen (secondary N) is 1. The van der Waals surface area contributed by atoms with E-state index in [1.54, 1.807) is 28.8 Å². The third kappa shape index (κ3) is 5.13. The lowest BCUT2D eigenvalue weighted by molar-refractivity contribution is -0.129. The second-order valence-electron chi connectivity index (χ2n) is 9.54. The third-order valence-corrected chi connectivity index (χ3v) is 7.24. The van der Waals surface area contributed by atoms with Gasteiger partial charge in [0.1, 0.15) is 23.4 Å². The maximum Gasteiger partial charge on any atom is 0.335 e. The Morgan fingerprint density at radius 3 is 2.55 bits per heavy atom. The lowest BCUT2D eigenvalue weighted by atomic mass is 9.91. The number of nitrogens with two attached hydrogens (primary N) is 1. The molecule has 0 bridgehead atoms. The van der Waals surface area contributed by atoms with Crippen LogP contribution in [0.4, 0.5) is 10.2 Å². The standard InChI is InChI=1S/C27H29FN7O5/c1-39-22-12-5-17(28)13-21(22)26(36)30-14-16-3-6-18(7-4-16)33-23-24(29)31-15-32-25(23)34(27(33)37)19-8-10-20(11-9-19)35(38)40-2/h3-7,12-13,15,19-20H,8-11,14H2,1-2H3,(H,30,36)(H2,29,31,32)/q-1. The number of imidazole rings is 1. The fourth-order valence-electron chi connectivity index (χ4n) is 5.21. The fourth-order valence-corrected chi connectivity index (χ4v) is 5.21. The lowest BCUT2D eigenvalue weighted by Crippen LogP contribution is -2.36. The van der Waals surface area contributed by atoms with Crippen molar-refractivity contribution in [1.29, 1.82) is 0 Å². The van der Waals surface area contributed by atoms with Gasteiger partial charge in [-0.15, -0.1) is 0 Å². The minimum atomic E-state index is -0.543. The van der Waals surface area contributed by atoms with E-state index in [2.05, 4.69) is 15.3 Å². The Bertz CT molecular complexity index is 1580. The van der Waals surface area contributed by atoms with Crippen LogP contribution < -0.4 is 21.5 Å². The molecule has 40 heavy (non-hydrogen) atoms. The maximum absolute atomic E-state index is 13.8. The van der Waals surface area contributed by atoms with Gasteiger partial charge in [0.15, 0.2) is 11.5 Å². The van der Waals surface area contributed by atoms with Crippen molar-refractivity contribution in [3.05, 3.63) is 81.4 Å². The van der Waals surface area contributed by atoms with Crippen LogP contribution in [0.1, 0.15) is 47.6 Å². The van der Waals surface area contributed by atoms with Gasteiger partial charge in [0, 0.05) is 18.6 Å². The van der Waals surface area contributed by atoms with Crippen molar-refractivity contribution in [3.8, 4) is 11.4 Å². The summed E-state index contributed by atoms with van der Waals surface area (Å²) in [6.45, 7) is 0.169. The number of rotatable bonds is 8. The molecular weight excluding hydrogens is 521 g/mol. The Morgan fingerprint density at radius 1 is 1.15 bits per heavy atom. The predicted molar refractivity (Wildman–Crippen MR) is 145 cm³/mol. The van der Waals surface area contributed by atoms with Crippen LogP contribution in [0, 0.1) is 11.0 Å². The van der Waals surface area contributed by atoms with Gasteiger partial charge >= 0.3 is 5.69 Å². The smallest absolute Gasteiger partial charge is 0.335 e. The van der Waals surface area contributed by atoms with Crippen LogP contribution in [0.2, 0.25) is 0 Å². The molecule has 4 aromatic rings. The van der Waals surface area contributed by atoms with Crippen molar-refractivity contribution in [1.82, 2.24) is 29.6 Å². The molecular formula is C27H29FN7O5-. The summed E-state index contributed by atoms with van der Waals surface area (Å²) < 4.78 is 21.9. The Balaban J connectivity index is 1.39. The summed E-state index contributed by atoms with van der Waals surface area (Å²) in [5.41, 5.74) is 8.13. The molecule has 2 heterocycles. The largest absolute Gasteiger partial charge is 0.762 e. The molecule has 0 saturated heterocycles. The number of nitrogens with zero attached hydrogens (tertiary/aromatic N) is 5. The van der Waals surface area contributed by atoms with E-state index >= 15 is 0 Å². The van der Waals surface area contributed by atoms with Gasteiger partial charge in [-0.1, -0.05) is 12.1 Å². The molecule has 0 atom stereocenters. The zero-order valence-electron chi connectivity index (χ0n) is 22.0. The number of benzene rings is 2. The molecule has 210 valence electrons. The number of methoxy groups -OCH3 is 1. The van der Waals surface area contributed by atoms with E-state index in [1.807, 2.05) is 0 Å². The van der Waals surface area contributed by atoms with Crippen LogP contribution in [0.3, 0.4) is 0 Å². The van der Waals surface area contributed by atoms with E-state index in [0.29, 0.717) is 47.8 Å². The first-order valence-electron chi connectivity index (χ1n) is 12.8. The summed E-state index contributed by atoms with van der Waals surface area (Å²) >= 11 is 0. The van der Waals surface area contributed by atoms with Gasteiger partial charge < -0.3 is 25.8 Å². The van der Waals surface area contributed by atoms with Gasteiger partial charge in [0.2, 0.25) is 0 Å². The number of carbonyl (C=O) groups excluding carboxylic acids is 1. The number of nitrogen functional groups attached to an aromatic ring is 1. The first-order chi connectivity index (χ1) is 19.3. The van der Waals surface area contributed by atoms with Gasteiger partial charge in [0.25, 0.3) is 5.91 Å². The number of hydrogen-bond acceptors (Lipinski definition) is 9. The number of fused-ring (bicyclic) bond motifs is 1. The molecule has 1 amide bonds. The average Bonchev–Trinajstić information content (AvgIpc) is 3.28. The summed E-state index contributed by atoms with van der Waals surface area (Å²) in [6, 6.07) is 10.3. The molecule has 1 saturated carbocycles. The molecule has 13 heteroatoms. The highest BCUT2D eigenvalue weighted by molar-refractivity contribution is 5.96. The van der Waals surface area contributed by atoms with E-state index < -0.39 is 11.7 Å². The zero-order valence-corrected chi connectivity index (χ0v) is 22.0. The number of hydrogen-bond donors (Lipinski definition) is 2. The van der Waals surface area contributed by atoms with Crippen molar-refractivity contribution < 1.29 is 18.8 Å². The van der Waals surface area contributed by atoms with Crippen molar-refractivity contribution >= 4 is 22.9 Å². The van der Waals surface area contributed by atoms with Crippen LogP contribution in [-0.4, -0.2) is 50.5 Å². The van der Waals surface area contributed by atoms with E-state index in [1.165, 1.54) is 37.2 Å². The van der Waals surface area contributed by atoms with E-state index in [4.69, 9.17) is 15.3 Å². The monoisotopic (exact) mass is 550 g/mol.